The van der Waals surface area contributed by atoms with Crippen molar-refractivity contribution in [2.45, 2.75) is 6.92 Å². The van der Waals surface area contributed by atoms with Gasteiger partial charge in [0.1, 0.15) is 0 Å². The van der Waals surface area contributed by atoms with Crippen LogP contribution in [0.4, 0.5) is 0 Å². The molecule has 0 aromatic carbocycles. The number of likely N-dealkylation sites (N-methyl/N-ethyl adjacent to an activating group) is 2. The minimum Gasteiger partial charge on any atom is -0.383 e. The standard InChI is InChI=1S/C10H25N3O/c1-4-13(6-5-11)8-7-12(2)9-10-14-3/h4-11H2,1-3H3. The van der Waals surface area contributed by atoms with Gasteiger partial charge in [0.15, 0.2) is 0 Å². The third kappa shape index (κ3) is 7.26. The van der Waals surface area contributed by atoms with Gasteiger partial charge in [-0.15, -0.1) is 0 Å². The molecule has 0 rings (SSSR count). The molecule has 0 fully saturated rings. The van der Waals surface area contributed by atoms with Gasteiger partial charge in [-0.1, -0.05) is 6.92 Å². The first-order chi connectivity index (χ1) is 6.74. The van der Waals surface area contributed by atoms with Gasteiger partial charge in [-0.05, 0) is 13.6 Å². The van der Waals surface area contributed by atoms with E-state index in [0.29, 0.717) is 0 Å². The van der Waals surface area contributed by atoms with Crippen LogP contribution in [0, 0.1) is 0 Å². The largest absolute Gasteiger partial charge is 0.383 e. The summed E-state index contributed by atoms with van der Waals surface area (Å²) in [5.41, 5.74) is 5.52. The lowest BCUT2D eigenvalue weighted by Gasteiger charge is -2.23. The first-order valence-electron chi connectivity index (χ1n) is 5.34. The predicted octanol–water partition coefficient (Wildman–Crippen LogP) is -0.155. The molecule has 0 amide bonds. The molecule has 86 valence electrons. The van der Waals surface area contributed by atoms with E-state index in [-0.39, 0.29) is 0 Å². The lowest BCUT2D eigenvalue weighted by Crippen LogP contribution is -2.37. The molecule has 0 saturated carbocycles. The van der Waals surface area contributed by atoms with Gasteiger partial charge in [-0.3, -0.25) is 0 Å². The zero-order chi connectivity index (χ0) is 10.8. The molecule has 0 atom stereocenters. The monoisotopic (exact) mass is 203 g/mol. The predicted molar refractivity (Wildman–Crippen MR) is 60.5 cm³/mol. The molecule has 14 heavy (non-hydrogen) atoms. The molecule has 0 spiro atoms. The van der Waals surface area contributed by atoms with E-state index >= 15 is 0 Å². The highest BCUT2D eigenvalue weighted by Crippen LogP contribution is 1.89. The third-order valence-electron chi connectivity index (χ3n) is 2.37. The average molecular weight is 203 g/mol. The number of hydrogen-bond acceptors (Lipinski definition) is 4. The SMILES string of the molecule is CCN(CCN)CCN(C)CCOC. The summed E-state index contributed by atoms with van der Waals surface area (Å²) in [5.74, 6) is 0. The first-order valence-corrected chi connectivity index (χ1v) is 5.34. The molecular formula is C10H25N3O. The molecule has 0 aliphatic heterocycles. The second kappa shape index (κ2) is 9.40. The highest BCUT2D eigenvalue weighted by atomic mass is 16.5. The van der Waals surface area contributed by atoms with E-state index in [9.17, 15) is 0 Å². The fourth-order valence-corrected chi connectivity index (χ4v) is 1.28. The van der Waals surface area contributed by atoms with Crippen LogP contribution in [-0.4, -0.2) is 69.8 Å². The Labute approximate surface area is 88.0 Å². The Morgan fingerprint density at radius 3 is 2.36 bits per heavy atom. The zero-order valence-electron chi connectivity index (χ0n) is 9.83. The number of nitrogens with zero attached hydrogens (tertiary/aromatic N) is 2. The minimum absolute atomic E-state index is 0.746. The van der Waals surface area contributed by atoms with Crippen molar-refractivity contribution in [2.24, 2.45) is 5.73 Å². The van der Waals surface area contributed by atoms with Crippen molar-refractivity contribution in [1.29, 1.82) is 0 Å². The molecule has 0 radical (unpaired) electrons. The highest BCUT2D eigenvalue weighted by molar-refractivity contribution is 4.59. The molecule has 0 unspecified atom stereocenters. The van der Waals surface area contributed by atoms with Gasteiger partial charge in [0, 0.05) is 39.8 Å². The van der Waals surface area contributed by atoms with E-state index in [1.165, 1.54) is 0 Å². The fraction of sp³-hybridized carbons (Fsp3) is 1.00. The number of ether oxygens (including phenoxy) is 1. The van der Waals surface area contributed by atoms with Crippen LogP contribution in [0.2, 0.25) is 0 Å². The summed E-state index contributed by atoms with van der Waals surface area (Å²) >= 11 is 0. The smallest absolute Gasteiger partial charge is 0.0589 e. The summed E-state index contributed by atoms with van der Waals surface area (Å²) in [6.45, 7) is 8.96. The normalized spacial score (nSPS) is 11.6. The molecule has 0 aliphatic rings. The topological polar surface area (TPSA) is 41.7 Å². The van der Waals surface area contributed by atoms with Crippen molar-refractivity contribution in [3.8, 4) is 0 Å². The van der Waals surface area contributed by atoms with Crippen molar-refractivity contribution in [3.63, 3.8) is 0 Å². The summed E-state index contributed by atoms with van der Waals surface area (Å²) in [6, 6.07) is 0. The molecule has 4 heteroatoms. The van der Waals surface area contributed by atoms with Crippen molar-refractivity contribution < 1.29 is 4.74 Å². The quantitative estimate of drug-likeness (QED) is 0.566. The van der Waals surface area contributed by atoms with Crippen LogP contribution in [-0.2, 0) is 4.74 Å². The molecule has 0 aromatic rings. The number of nitrogens with two attached hydrogens (primary N) is 1. The van der Waals surface area contributed by atoms with Gasteiger partial charge in [-0.25, -0.2) is 0 Å². The maximum absolute atomic E-state index is 5.52. The number of hydrogen-bond donors (Lipinski definition) is 1. The molecule has 0 aliphatic carbocycles. The van der Waals surface area contributed by atoms with E-state index in [2.05, 4.69) is 23.8 Å². The Morgan fingerprint density at radius 1 is 1.14 bits per heavy atom. The minimum atomic E-state index is 0.746. The van der Waals surface area contributed by atoms with Crippen molar-refractivity contribution in [2.75, 3.05) is 60.0 Å². The second-order valence-electron chi connectivity index (χ2n) is 3.52. The van der Waals surface area contributed by atoms with E-state index in [1.807, 2.05) is 0 Å². The Morgan fingerprint density at radius 2 is 1.86 bits per heavy atom. The summed E-state index contributed by atoms with van der Waals surface area (Å²) in [5, 5.41) is 0. The Hall–Kier alpha value is -0.160. The first kappa shape index (κ1) is 13.8. The number of rotatable bonds is 9. The molecule has 0 bridgehead atoms. The molecule has 2 N–H and O–H groups in total. The van der Waals surface area contributed by atoms with E-state index in [0.717, 1.165) is 45.9 Å². The fourth-order valence-electron chi connectivity index (χ4n) is 1.28. The van der Waals surface area contributed by atoms with Crippen LogP contribution in [0.1, 0.15) is 6.92 Å². The lowest BCUT2D eigenvalue weighted by molar-refractivity contribution is 0.152. The average Bonchev–Trinajstić information content (AvgIpc) is 2.21. The third-order valence-corrected chi connectivity index (χ3v) is 2.37. The van der Waals surface area contributed by atoms with Gasteiger partial charge < -0.3 is 20.3 Å². The lowest BCUT2D eigenvalue weighted by atomic mass is 10.4. The second-order valence-corrected chi connectivity index (χ2v) is 3.52. The maximum Gasteiger partial charge on any atom is 0.0589 e. The van der Waals surface area contributed by atoms with Gasteiger partial charge >= 0.3 is 0 Å². The van der Waals surface area contributed by atoms with E-state index < -0.39 is 0 Å². The van der Waals surface area contributed by atoms with Crippen LogP contribution < -0.4 is 5.73 Å². The summed E-state index contributed by atoms with van der Waals surface area (Å²) in [4.78, 5) is 4.64. The van der Waals surface area contributed by atoms with Crippen LogP contribution in [0.25, 0.3) is 0 Å². The van der Waals surface area contributed by atoms with Gasteiger partial charge in [0.05, 0.1) is 6.61 Å². The van der Waals surface area contributed by atoms with Gasteiger partial charge in [0.25, 0.3) is 0 Å². The molecular weight excluding hydrogens is 178 g/mol. The molecule has 0 heterocycles. The van der Waals surface area contributed by atoms with Gasteiger partial charge in [-0.2, -0.15) is 0 Å². The van der Waals surface area contributed by atoms with E-state index in [1.54, 1.807) is 7.11 Å². The van der Waals surface area contributed by atoms with Crippen molar-refractivity contribution >= 4 is 0 Å². The van der Waals surface area contributed by atoms with Crippen molar-refractivity contribution in [3.05, 3.63) is 0 Å². The summed E-state index contributed by atoms with van der Waals surface area (Å²) < 4.78 is 5.02. The molecule has 4 nitrogen and oxygen atoms in total. The Kier molecular flexibility index (Phi) is 9.29. The van der Waals surface area contributed by atoms with Crippen LogP contribution in [0.3, 0.4) is 0 Å². The molecule has 0 saturated heterocycles. The van der Waals surface area contributed by atoms with Crippen LogP contribution in [0.15, 0.2) is 0 Å². The van der Waals surface area contributed by atoms with E-state index in [4.69, 9.17) is 10.5 Å². The summed E-state index contributed by atoms with van der Waals surface area (Å²) in [7, 11) is 3.86. The van der Waals surface area contributed by atoms with Crippen LogP contribution in [0.5, 0.6) is 0 Å². The maximum atomic E-state index is 5.52. The summed E-state index contributed by atoms with van der Waals surface area (Å²) in [6.07, 6.45) is 0. The van der Waals surface area contributed by atoms with Gasteiger partial charge in [0.2, 0.25) is 0 Å². The van der Waals surface area contributed by atoms with Crippen LogP contribution >= 0.6 is 0 Å². The van der Waals surface area contributed by atoms with Crippen molar-refractivity contribution in [1.82, 2.24) is 9.80 Å². The Balaban J connectivity index is 3.46. The molecule has 0 aromatic heterocycles. The number of methoxy groups -OCH3 is 1. The Bertz CT molecular complexity index is 122. The zero-order valence-corrected chi connectivity index (χ0v) is 9.83. The highest BCUT2D eigenvalue weighted by Gasteiger charge is 2.03.